The van der Waals surface area contributed by atoms with Crippen LogP contribution in [-0.2, 0) is 0 Å². The van der Waals surface area contributed by atoms with Crippen molar-refractivity contribution in [2.75, 3.05) is 33.7 Å². The molecule has 1 heterocycles. The first-order valence-corrected chi connectivity index (χ1v) is 8.25. The Morgan fingerprint density at radius 2 is 2.30 bits per heavy atom. The van der Waals surface area contributed by atoms with Gasteiger partial charge in [0, 0.05) is 29.6 Å². The first-order valence-electron chi connectivity index (χ1n) is 7.08. The third-order valence-electron chi connectivity index (χ3n) is 4.22. The third kappa shape index (κ3) is 3.74. The molecule has 20 heavy (non-hydrogen) atoms. The summed E-state index contributed by atoms with van der Waals surface area (Å²) in [5, 5.41) is 0.740. The summed E-state index contributed by atoms with van der Waals surface area (Å²) in [6.45, 7) is 2.93. The maximum Gasteiger partial charge on any atom is 0.0548 e. The lowest BCUT2D eigenvalue weighted by molar-refractivity contribution is 0.101. The van der Waals surface area contributed by atoms with Crippen molar-refractivity contribution in [3.63, 3.8) is 0 Å². The highest BCUT2D eigenvalue weighted by Crippen LogP contribution is 2.29. The fourth-order valence-electron chi connectivity index (χ4n) is 2.98. The molecule has 0 amide bonds. The molecule has 0 radical (unpaired) electrons. The van der Waals surface area contributed by atoms with Crippen molar-refractivity contribution in [2.45, 2.75) is 24.9 Å². The molecule has 2 rings (SSSR count). The third-order valence-corrected chi connectivity index (χ3v) is 5.43. The summed E-state index contributed by atoms with van der Waals surface area (Å²) < 4.78 is 0.935. The summed E-state index contributed by atoms with van der Waals surface area (Å²) in [4.78, 5) is 4.82. The van der Waals surface area contributed by atoms with Gasteiger partial charge in [-0.05, 0) is 67.1 Å². The quantitative estimate of drug-likeness (QED) is 0.895. The van der Waals surface area contributed by atoms with Crippen molar-refractivity contribution in [1.82, 2.24) is 9.80 Å². The maximum absolute atomic E-state index is 6.08. The normalized spacial score (nSPS) is 22.2. The Hall–Kier alpha value is -0.130. The second kappa shape index (κ2) is 7.23. The lowest BCUT2D eigenvalue weighted by Gasteiger charge is -2.40. The summed E-state index contributed by atoms with van der Waals surface area (Å²) in [5.74, 6) is 0. The van der Waals surface area contributed by atoms with Gasteiger partial charge in [-0.25, -0.2) is 0 Å². The van der Waals surface area contributed by atoms with Crippen LogP contribution in [-0.4, -0.2) is 49.6 Å². The van der Waals surface area contributed by atoms with Gasteiger partial charge in [0.15, 0.2) is 0 Å². The summed E-state index contributed by atoms with van der Waals surface area (Å²) in [7, 11) is 4.38. The van der Waals surface area contributed by atoms with Crippen molar-refractivity contribution in [3.05, 3.63) is 33.3 Å². The van der Waals surface area contributed by atoms with E-state index in [1.54, 1.807) is 0 Å². The second-order valence-electron chi connectivity index (χ2n) is 5.65. The van der Waals surface area contributed by atoms with E-state index in [0.29, 0.717) is 12.6 Å². The molecule has 2 atom stereocenters. The molecule has 0 spiro atoms. The molecule has 1 aliphatic rings. The lowest BCUT2D eigenvalue weighted by atomic mass is 9.99. The zero-order chi connectivity index (χ0) is 14.7. The van der Waals surface area contributed by atoms with Crippen LogP contribution in [0, 0.1) is 0 Å². The van der Waals surface area contributed by atoms with Gasteiger partial charge >= 0.3 is 0 Å². The molecule has 0 aromatic heterocycles. The smallest absolute Gasteiger partial charge is 0.0548 e. The average molecular weight is 361 g/mol. The van der Waals surface area contributed by atoms with E-state index < -0.39 is 0 Å². The fraction of sp³-hybridized carbons (Fsp3) is 0.600. The van der Waals surface area contributed by atoms with Crippen LogP contribution in [0.1, 0.15) is 24.4 Å². The second-order valence-corrected chi connectivity index (χ2v) is 6.91. The van der Waals surface area contributed by atoms with Gasteiger partial charge in [-0.1, -0.05) is 17.7 Å². The minimum absolute atomic E-state index is 0.236. The van der Waals surface area contributed by atoms with Crippen LogP contribution in [0.4, 0.5) is 0 Å². The molecule has 1 aromatic rings. The van der Waals surface area contributed by atoms with Gasteiger partial charge in [-0.3, -0.25) is 4.90 Å². The van der Waals surface area contributed by atoms with Crippen molar-refractivity contribution in [1.29, 1.82) is 0 Å². The van der Waals surface area contributed by atoms with E-state index in [0.717, 1.165) is 16.0 Å². The number of likely N-dealkylation sites (tertiary alicyclic amines) is 1. The van der Waals surface area contributed by atoms with E-state index in [4.69, 9.17) is 17.3 Å². The Morgan fingerprint density at radius 3 is 2.90 bits per heavy atom. The van der Waals surface area contributed by atoms with Gasteiger partial charge in [0.25, 0.3) is 0 Å². The monoisotopic (exact) mass is 359 g/mol. The van der Waals surface area contributed by atoms with E-state index >= 15 is 0 Å². The molecule has 1 saturated heterocycles. The Bertz CT molecular complexity index is 455. The molecular formula is C15H23BrClN3. The molecule has 1 aliphatic heterocycles. The van der Waals surface area contributed by atoms with E-state index in [2.05, 4.69) is 52.0 Å². The summed E-state index contributed by atoms with van der Waals surface area (Å²) in [5.41, 5.74) is 7.25. The highest BCUT2D eigenvalue weighted by atomic mass is 79.9. The van der Waals surface area contributed by atoms with Gasteiger partial charge in [-0.15, -0.1) is 0 Å². The van der Waals surface area contributed by atoms with Crippen molar-refractivity contribution in [3.8, 4) is 0 Å². The molecular weight excluding hydrogens is 338 g/mol. The minimum Gasteiger partial charge on any atom is -0.329 e. The predicted octanol–water partition coefficient (Wildman–Crippen LogP) is 3.13. The molecule has 3 nitrogen and oxygen atoms in total. The summed E-state index contributed by atoms with van der Waals surface area (Å²) in [6.07, 6.45) is 2.50. The predicted molar refractivity (Wildman–Crippen MR) is 89.2 cm³/mol. The first kappa shape index (κ1) is 16.2. The molecule has 1 aromatic carbocycles. The number of hydrogen-bond acceptors (Lipinski definition) is 3. The first-order chi connectivity index (χ1) is 9.52. The molecule has 2 N–H and O–H groups in total. The molecule has 0 bridgehead atoms. The SMILES string of the molecule is CN1CCCC(N(C)C(CN)c2ccc(Cl)c(Br)c2)C1. The van der Waals surface area contributed by atoms with Crippen LogP contribution in [0.3, 0.4) is 0 Å². The Labute approximate surface area is 135 Å². The average Bonchev–Trinajstić information content (AvgIpc) is 2.43. The Morgan fingerprint density at radius 1 is 1.55 bits per heavy atom. The largest absolute Gasteiger partial charge is 0.329 e. The fourth-order valence-corrected chi connectivity index (χ4v) is 3.50. The number of hydrogen-bond donors (Lipinski definition) is 1. The van der Waals surface area contributed by atoms with Crippen LogP contribution >= 0.6 is 27.5 Å². The van der Waals surface area contributed by atoms with Crippen LogP contribution < -0.4 is 5.73 Å². The Balaban J connectivity index is 2.15. The molecule has 1 fully saturated rings. The van der Waals surface area contributed by atoms with E-state index in [1.807, 2.05) is 6.07 Å². The highest BCUT2D eigenvalue weighted by Gasteiger charge is 2.26. The van der Waals surface area contributed by atoms with Crippen molar-refractivity contribution >= 4 is 27.5 Å². The maximum atomic E-state index is 6.08. The number of rotatable bonds is 4. The molecule has 0 saturated carbocycles. The molecule has 0 aliphatic carbocycles. The van der Waals surface area contributed by atoms with Gasteiger partial charge in [0.1, 0.15) is 0 Å². The number of nitrogens with two attached hydrogens (primary N) is 1. The number of likely N-dealkylation sites (N-methyl/N-ethyl adjacent to an activating group) is 2. The zero-order valence-electron chi connectivity index (χ0n) is 12.1. The van der Waals surface area contributed by atoms with Gasteiger partial charge in [0.05, 0.1) is 5.02 Å². The van der Waals surface area contributed by atoms with E-state index in [9.17, 15) is 0 Å². The van der Waals surface area contributed by atoms with E-state index in [1.165, 1.54) is 24.9 Å². The number of piperidine rings is 1. The minimum atomic E-state index is 0.236. The van der Waals surface area contributed by atoms with Gasteiger partial charge in [-0.2, -0.15) is 0 Å². The molecule has 112 valence electrons. The van der Waals surface area contributed by atoms with Crippen LogP contribution in [0.15, 0.2) is 22.7 Å². The van der Waals surface area contributed by atoms with Gasteiger partial charge in [0.2, 0.25) is 0 Å². The molecule has 2 unspecified atom stereocenters. The van der Waals surface area contributed by atoms with Crippen molar-refractivity contribution < 1.29 is 0 Å². The van der Waals surface area contributed by atoms with Gasteiger partial charge < -0.3 is 10.6 Å². The lowest BCUT2D eigenvalue weighted by Crippen LogP contribution is -2.47. The van der Waals surface area contributed by atoms with Crippen LogP contribution in [0.5, 0.6) is 0 Å². The summed E-state index contributed by atoms with van der Waals surface area (Å²) in [6, 6.07) is 6.90. The topological polar surface area (TPSA) is 32.5 Å². The number of benzene rings is 1. The Kier molecular flexibility index (Phi) is 5.87. The van der Waals surface area contributed by atoms with Crippen LogP contribution in [0.25, 0.3) is 0 Å². The van der Waals surface area contributed by atoms with Crippen molar-refractivity contribution in [2.24, 2.45) is 5.73 Å². The number of halogens is 2. The number of nitrogens with zero attached hydrogens (tertiary/aromatic N) is 2. The van der Waals surface area contributed by atoms with Crippen LogP contribution in [0.2, 0.25) is 5.02 Å². The van der Waals surface area contributed by atoms with E-state index in [-0.39, 0.29) is 6.04 Å². The zero-order valence-corrected chi connectivity index (χ0v) is 14.5. The standard InChI is InChI=1S/C15H23BrClN3/c1-19-7-3-4-12(10-19)20(2)15(9-18)11-5-6-14(17)13(16)8-11/h5-6,8,12,15H,3-4,7,9-10,18H2,1-2H3. The summed E-state index contributed by atoms with van der Waals surface area (Å²) >= 11 is 9.58. The highest BCUT2D eigenvalue weighted by molar-refractivity contribution is 9.10. The molecule has 5 heteroatoms.